The Morgan fingerprint density at radius 1 is 1.02 bits per heavy atom. The van der Waals surface area contributed by atoms with Crippen molar-refractivity contribution in [2.75, 3.05) is 51.4 Å². The lowest BCUT2D eigenvalue weighted by Gasteiger charge is -2.37. The third-order valence-electron chi connectivity index (χ3n) is 8.00. The number of carbonyl (C=O) groups is 1. The summed E-state index contributed by atoms with van der Waals surface area (Å²) in [5.74, 6) is 0.607. The molecule has 2 aliphatic rings. The maximum absolute atomic E-state index is 12.9. The van der Waals surface area contributed by atoms with E-state index in [9.17, 15) is 4.79 Å². The minimum atomic E-state index is -0.662. The normalized spacial score (nSPS) is 18.2. The zero-order valence-electron chi connectivity index (χ0n) is 27.5. The number of methoxy groups -OCH3 is 1. The zero-order chi connectivity index (χ0) is 32.5. The number of hydrogen-bond donors (Lipinski definition) is 0. The molecule has 0 N–H and O–H groups in total. The van der Waals surface area contributed by atoms with Gasteiger partial charge in [0.25, 0.3) is 0 Å². The van der Waals surface area contributed by atoms with Crippen LogP contribution in [0.15, 0.2) is 60.8 Å². The molecule has 2 aliphatic heterocycles. The minimum Gasteiger partial charge on any atom is -0.497 e. The third-order valence-corrected chi connectivity index (χ3v) is 8.00. The number of fused-ring (bicyclic) bond motifs is 1. The Hall–Kier alpha value is -4.35. The average Bonchev–Trinajstić information content (AvgIpc) is 3.57. The Bertz CT molecular complexity index is 1660. The summed E-state index contributed by atoms with van der Waals surface area (Å²) in [6.45, 7) is 12.9. The van der Waals surface area contributed by atoms with E-state index in [4.69, 9.17) is 33.8 Å². The first-order valence-electron chi connectivity index (χ1n) is 15.7. The molecule has 6 rings (SSSR count). The van der Waals surface area contributed by atoms with Crippen LogP contribution >= 0.6 is 0 Å². The highest BCUT2D eigenvalue weighted by atomic mass is 16.7. The zero-order valence-corrected chi connectivity index (χ0v) is 27.5. The van der Waals surface area contributed by atoms with Gasteiger partial charge in [0.2, 0.25) is 5.88 Å². The van der Waals surface area contributed by atoms with Gasteiger partial charge in [-0.15, -0.1) is 5.10 Å². The standard InChI is InChI=1S/C35H43N5O6/c1-34(2,3)46-33(41)39-18-16-38(17-19-39)30-28(25-10-8-7-9-11-25)20-36-31-29(30)32(43-22-27-23-44-35(4,5)45-27)37-40(31)21-24-12-14-26(42-6)15-13-24/h7-15,20,27H,16-19,21-23H2,1-6H3/t27-/m1/s1. The van der Waals surface area contributed by atoms with Crippen molar-refractivity contribution in [2.45, 2.75) is 58.7 Å². The van der Waals surface area contributed by atoms with Crippen LogP contribution in [0.2, 0.25) is 0 Å². The van der Waals surface area contributed by atoms with Gasteiger partial charge in [-0.1, -0.05) is 42.5 Å². The number of aromatic nitrogens is 3. The van der Waals surface area contributed by atoms with Crippen LogP contribution in [0.5, 0.6) is 11.6 Å². The Balaban J connectivity index is 1.40. The Morgan fingerprint density at radius 2 is 1.74 bits per heavy atom. The van der Waals surface area contributed by atoms with E-state index in [2.05, 4.69) is 17.0 Å². The Morgan fingerprint density at radius 3 is 2.37 bits per heavy atom. The molecule has 0 saturated carbocycles. The predicted octanol–water partition coefficient (Wildman–Crippen LogP) is 5.74. The van der Waals surface area contributed by atoms with Crippen molar-refractivity contribution in [2.24, 2.45) is 0 Å². The lowest BCUT2D eigenvalue weighted by atomic mass is 10.0. The average molecular weight is 630 g/mol. The molecule has 0 radical (unpaired) electrons. The number of amides is 1. The van der Waals surface area contributed by atoms with Crippen molar-refractivity contribution in [1.29, 1.82) is 0 Å². The number of hydrogen-bond acceptors (Lipinski definition) is 9. The van der Waals surface area contributed by atoms with E-state index in [1.807, 2.05) is 88.0 Å². The quantitative estimate of drug-likeness (QED) is 0.242. The van der Waals surface area contributed by atoms with E-state index in [0.29, 0.717) is 50.9 Å². The summed E-state index contributed by atoms with van der Waals surface area (Å²) < 4.78 is 31.2. The van der Waals surface area contributed by atoms with E-state index in [1.165, 1.54) is 0 Å². The molecule has 1 atom stereocenters. The fraction of sp³-hybridized carbons (Fsp3) is 0.457. The van der Waals surface area contributed by atoms with Crippen LogP contribution < -0.4 is 14.4 Å². The molecule has 4 aromatic rings. The molecule has 0 bridgehead atoms. The van der Waals surface area contributed by atoms with Crippen molar-refractivity contribution >= 4 is 22.8 Å². The summed E-state index contributed by atoms with van der Waals surface area (Å²) in [5.41, 5.74) is 4.17. The highest BCUT2D eigenvalue weighted by molar-refractivity contribution is 6.02. The topological polar surface area (TPSA) is 100 Å². The number of nitrogens with zero attached hydrogens (tertiary/aromatic N) is 5. The SMILES string of the molecule is COc1ccc(Cn2nc(OC[C@@H]3COC(C)(C)O3)c3c(N4CCN(C(=O)OC(C)(C)C)CC4)c(-c4ccccc4)cnc32)cc1. The predicted molar refractivity (Wildman–Crippen MR) is 175 cm³/mol. The molecule has 11 nitrogen and oxygen atoms in total. The number of piperazine rings is 1. The van der Waals surface area contributed by atoms with Crippen LogP contribution in [0.1, 0.15) is 40.2 Å². The number of benzene rings is 2. The summed E-state index contributed by atoms with van der Waals surface area (Å²) in [7, 11) is 1.66. The molecule has 4 heterocycles. The Kier molecular flexibility index (Phi) is 8.80. The summed E-state index contributed by atoms with van der Waals surface area (Å²) >= 11 is 0. The molecule has 0 unspecified atom stereocenters. The van der Waals surface area contributed by atoms with Gasteiger partial charge < -0.3 is 33.5 Å². The van der Waals surface area contributed by atoms with Crippen LogP contribution in [0.4, 0.5) is 10.5 Å². The maximum atomic E-state index is 12.9. The molecule has 11 heteroatoms. The molecular formula is C35H43N5O6. The largest absolute Gasteiger partial charge is 0.497 e. The smallest absolute Gasteiger partial charge is 0.410 e. The van der Waals surface area contributed by atoms with Gasteiger partial charge in [-0.2, -0.15) is 0 Å². The lowest BCUT2D eigenvalue weighted by Crippen LogP contribution is -2.50. The number of ether oxygens (including phenoxy) is 5. The fourth-order valence-corrected chi connectivity index (χ4v) is 5.82. The monoisotopic (exact) mass is 629 g/mol. The summed E-state index contributed by atoms with van der Waals surface area (Å²) in [6, 6.07) is 18.1. The fourth-order valence-electron chi connectivity index (χ4n) is 5.82. The van der Waals surface area contributed by atoms with E-state index in [0.717, 1.165) is 33.5 Å². The first-order valence-corrected chi connectivity index (χ1v) is 15.7. The first kappa shape index (κ1) is 31.6. The van der Waals surface area contributed by atoms with Crippen LogP contribution in [0.3, 0.4) is 0 Å². The highest BCUT2D eigenvalue weighted by Gasteiger charge is 2.34. The van der Waals surface area contributed by atoms with Gasteiger partial charge in [-0.25, -0.2) is 14.5 Å². The summed E-state index contributed by atoms with van der Waals surface area (Å²) in [4.78, 5) is 21.9. The number of anilines is 1. The number of carbonyl (C=O) groups excluding carboxylic acids is 1. The molecule has 2 aromatic heterocycles. The van der Waals surface area contributed by atoms with Crippen LogP contribution in [-0.2, 0) is 20.8 Å². The van der Waals surface area contributed by atoms with Gasteiger partial charge in [0, 0.05) is 37.9 Å². The van der Waals surface area contributed by atoms with Crippen molar-refractivity contribution in [1.82, 2.24) is 19.7 Å². The second-order valence-electron chi connectivity index (χ2n) is 13.1. The van der Waals surface area contributed by atoms with E-state index in [-0.39, 0.29) is 18.8 Å². The molecule has 0 spiro atoms. The van der Waals surface area contributed by atoms with Gasteiger partial charge in [-0.05, 0) is 57.9 Å². The second kappa shape index (κ2) is 12.8. The molecule has 244 valence electrons. The van der Waals surface area contributed by atoms with Crippen molar-refractivity contribution < 1.29 is 28.5 Å². The molecular weight excluding hydrogens is 586 g/mol. The van der Waals surface area contributed by atoms with Crippen LogP contribution in [0.25, 0.3) is 22.2 Å². The molecule has 2 aromatic carbocycles. The molecule has 46 heavy (non-hydrogen) atoms. The molecule has 2 saturated heterocycles. The molecule has 2 fully saturated rings. The van der Waals surface area contributed by atoms with Crippen LogP contribution in [-0.4, -0.2) is 89.8 Å². The van der Waals surface area contributed by atoms with Gasteiger partial charge in [0.1, 0.15) is 29.4 Å². The van der Waals surface area contributed by atoms with Crippen molar-refractivity contribution in [3.8, 4) is 22.8 Å². The summed E-state index contributed by atoms with van der Waals surface area (Å²) in [6.07, 6.45) is 1.39. The second-order valence-corrected chi connectivity index (χ2v) is 13.1. The molecule has 0 aliphatic carbocycles. The number of rotatable bonds is 8. The van der Waals surface area contributed by atoms with Gasteiger partial charge >= 0.3 is 6.09 Å². The third kappa shape index (κ3) is 7.05. The van der Waals surface area contributed by atoms with Crippen molar-refractivity contribution in [3.05, 3.63) is 66.4 Å². The van der Waals surface area contributed by atoms with Crippen molar-refractivity contribution in [3.63, 3.8) is 0 Å². The van der Waals surface area contributed by atoms with E-state index >= 15 is 0 Å². The Labute approximate surface area is 269 Å². The van der Waals surface area contributed by atoms with Gasteiger partial charge in [0.15, 0.2) is 11.4 Å². The minimum absolute atomic E-state index is 0.233. The van der Waals surface area contributed by atoms with Gasteiger partial charge in [0.05, 0.1) is 25.9 Å². The number of pyridine rings is 1. The van der Waals surface area contributed by atoms with Crippen LogP contribution in [0, 0.1) is 0 Å². The van der Waals surface area contributed by atoms with E-state index < -0.39 is 11.4 Å². The maximum Gasteiger partial charge on any atom is 0.410 e. The molecule has 1 amide bonds. The van der Waals surface area contributed by atoms with Gasteiger partial charge in [-0.3, -0.25) is 0 Å². The van der Waals surface area contributed by atoms with E-state index in [1.54, 1.807) is 12.0 Å². The lowest BCUT2D eigenvalue weighted by molar-refractivity contribution is -0.141. The highest BCUT2D eigenvalue weighted by Crippen LogP contribution is 2.42. The summed E-state index contributed by atoms with van der Waals surface area (Å²) in [5, 5.41) is 5.81. The first-order chi connectivity index (χ1) is 22.0.